The van der Waals surface area contributed by atoms with Crippen molar-refractivity contribution in [1.29, 1.82) is 0 Å². The molecule has 0 spiro atoms. The number of pyridine rings is 1. The first-order chi connectivity index (χ1) is 9.47. The third-order valence-electron chi connectivity index (χ3n) is 3.77. The molecule has 0 aromatic carbocycles. The number of amides is 1. The molecular weight excluding hydrogens is 256 g/mol. The van der Waals surface area contributed by atoms with Gasteiger partial charge in [-0.05, 0) is 44.4 Å². The lowest BCUT2D eigenvalue weighted by Crippen LogP contribution is -2.36. The third-order valence-corrected chi connectivity index (χ3v) is 3.77. The lowest BCUT2D eigenvalue weighted by Gasteiger charge is -2.27. The van der Waals surface area contributed by atoms with Crippen molar-refractivity contribution in [1.82, 2.24) is 4.98 Å². The number of aromatic nitrogens is 1. The maximum Gasteiger partial charge on any atom is 0.307 e. The molecule has 20 heavy (non-hydrogen) atoms. The molecule has 1 aliphatic carbocycles. The number of nitrogens with one attached hydrogen (secondary N) is 1. The van der Waals surface area contributed by atoms with Gasteiger partial charge in [0.2, 0.25) is 5.91 Å². The second-order valence-corrected chi connectivity index (χ2v) is 5.50. The van der Waals surface area contributed by atoms with Crippen molar-refractivity contribution in [3.05, 3.63) is 23.4 Å². The van der Waals surface area contributed by atoms with Gasteiger partial charge in [-0.15, -0.1) is 0 Å². The third kappa shape index (κ3) is 3.35. The van der Waals surface area contributed by atoms with E-state index in [1.165, 1.54) is 0 Å². The number of carboxylic acid groups (broad SMARTS) is 1. The van der Waals surface area contributed by atoms with Crippen molar-refractivity contribution in [2.45, 2.75) is 39.5 Å². The molecule has 108 valence electrons. The average Bonchev–Trinajstić information content (AvgIpc) is 2.37. The van der Waals surface area contributed by atoms with Crippen LogP contribution in [0.4, 0.5) is 5.82 Å². The molecule has 1 heterocycles. The van der Waals surface area contributed by atoms with Crippen molar-refractivity contribution in [2.75, 3.05) is 5.32 Å². The first-order valence-corrected chi connectivity index (χ1v) is 6.96. The van der Waals surface area contributed by atoms with E-state index < -0.39 is 17.8 Å². The fraction of sp³-hybridized carbons (Fsp3) is 0.533. The van der Waals surface area contributed by atoms with Crippen molar-refractivity contribution in [3.63, 3.8) is 0 Å². The summed E-state index contributed by atoms with van der Waals surface area (Å²) in [6.07, 6.45) is 2.99. The maximum absolute atomic E-state index is 12.3. The molecule has 2 N–H and O–H groups in total. The van der Waals surface area contributed by atoms with Crippen LogP contribution < -0.4 is 5.32 Å². The molecule has 1 aromatic rings. The molecule has 0 aliphatic heterocycles. The van der Waals surface area contributed by atoms with Crippen LogP contribution in [0, 0.1) is 25.7 Å². The Kier molecular flexibility index (Phi) is 4.37. The number of hydrogen-bond acceptors (Lipinski definition) is 3. The van der Waals surface area contributed by atoms with E-state index in [0.29, 0.717) is 18.7 Å². The molecule has 0 saturated heterocycles. The van der Waals surface area contributed by atoms with Crippen molar-refractivity contribution in [3.8, 4) is 0 Å². The van der Waals surface area contributed by atoms with E-state index in [-0.39, 0.29) is 5.91 Å². The van der Waals surface area contributed by atoms with E-state index in [4.69, 9.17) is 0 Å². The van der Waals surface area contributed by atoms with Crippen molar-refractivity contribution < 1.29 is 14.7 Å². The number of hydrogen-bond donors (Lipinski definition) is 2. The fourth-order valence-corrected chi connectivity index (χ4v) is 2.86. The topological polar surface area (TPSA) is 79.3 Å². The van der Waals surface area contributed by atoms with Gasteiger partial charge >= 0.3 is 5.97 Å². The van der Waals surface area contributed by atoms with Crippen LogP contribution in [-0.4, -0.2) is 22.0 Å². The van der Waals surface area contributed by atoms with Crippen LogP contribution in [0.1, 0.15) is 36.9 Å². The predicted molar refractivity (Wildman–Crippen MR) is 75.4 cm³/mol. The van der Waals surface area contributed by atoms with Gasteiger partial charge in [-0.3, -0.25) is 9.59 Å². The maximum atomic E-state index is 12.3. The Bertz CT molecular complexity index is 508. The van der Waals surface area contributed by atoms with E-state index in [0.717, 1.165) is 24.1 Å². The summed E-state index contributed by atoms with van der Waals surface area (Å²) in [7, 11) is 0. The Morgan fingerprint density at radius 3 is 2.45 bits per heavy atom. The van der Waals surface area contributed by atoms with Crippen molar-refractivity contribution >= 4 is 17.7 Å². The molecule has 1 amide bonds. The molecule has 0 unspecified atom stereocenters. The smallest absolute Gasteiger partial charge is 0.307 e. The zero-order valence-corrected chi connectivity index (χ0v) is 11.8. The highest BCUT2D eigenvalue weighted by atomic mass is 16.4. The summed E-state index contributed by atoms with van der Waals surface area (Å²) in [4.78, 5) is 27.8. The quantitative estimate of drug-likeness (QED) is 0.889. The largest absolute Gasteiger partial charge is 0.481 e. The Balaban J connectivity index is 2.11. The summed E-state index contributed by atoms with van der Waals surface area (Å²) in [5.41, 5.74) is 1.85. The lowest BCUT2D eigenvalue weighted by atomic mass is 9.79. The Morgan fingerprint density at radius 1 is 1.20 bits per heavy atom. The predicted octanol–water partition coefficient (Wildman–Crippen LogP) is 2.53. The van der Waals surface area contributed by atoms with Crippen LogP contribution in [0.5, 0.6) is 0 Å². The highest BCUT2D eigenvalue weighted by Gasteiger charge is 2.35. The van der Waals surface area contributed by atoms with Gasteiger partial charge in [0.25, 0.3) is 0 Å². The number of carboxylic acids is 1. The van der Waals surface area contributed by atoms with Gasteiger partial charge in [0.05, 0.1) is 11.8 Å². The standard InChI is InChI=1S/C15H20N2O3/c1-9-7-10(2)16-13(8-9)17-14(18)11-5-3-4-6-12(11)15(19)20/h7-8,11-12H,3-6H2,1-2H3,(H,19,20)(H,16,17,18)/t11-,12-/m1/s1. The average molecular weight is 276 g/mol. The van der Waals surface area contributed by atoms with E-state index in [2.05, 4.69) is 10.3 Å². The first kappa shape index (κ1) is 14.5. The van der Waals surface area contributed by atoms with E-state index in [9.17, 15) is 14.7 Å². The van der Waals surface area contributed by atoms with Crippen LogP contribution >= 0.6 is 0 Å². The monoisotopic (exact) mass is 276 g/mol. The Morgan fingerprint density at radius 2 is 1.85 bits per heavy atom. The highest BCUT2D eigenvalue weighted by molar-refractivity contribution is 5.94. The van der Waals surface area contributed by atoms with Gasteiger partial charge in [-0.1, -0.05) is 12.8 Å². The van der Waals surface area contributed by atoms with Gasteiger partial charge in [-0.25, -0.2) is 4.98 Å². The van der Waals surface area contributed by atoms with Crippen LogP contribution in [0.2, 0.25) is 0 Å². The van der Waals surface area contributed by atoms with E-state index in [1.54, 1.807) is 6.07 Å². The van der Waals surface area contributed by atoms with E-state index in [1.807, 2.05) is 19.9 Å². The number of rotatable bonds is 3. The summed E-state index contributed by atoms with van der Waals surface area (Å²) < 4.78 is 0. The van der Waals surface area contributed by atoms with Crippen LogP contribution in [-0.2, 0) is 9.59 Å². The summed E-state index contributed by atoms with van der Waals surface area (Å²) >= 11 is 0. The lowest BCUT2D eigenvalue weighted by molar-refractivity contribution is -0.147. The van der Waals surface area contributed by atoms with E-state index >= 15 is 0 Å². The van der Waals surface area contributed by atoms with Gasteiger partial charge in [0, 0.05) is 5.69 Å². The minimum Gasteiger partial charge on any atom is -0.481 e. The molecule has 5 nitrogen and oxygen atoms in total. The Labute approximate surface area is 118 Å². The summed E-state index contributed by atoms with van der Waals surface area (Å²) in [5, 5.41) is 12.0. The molecule has 2 rings (SSSR count). The van der Waals surface area contributed by atoms with Gasteiger partial charge in [0.1, 0.15) is 5.82 Å². The second-order valence-electron chi connectivity index (χ2n) is 5.50. The fourth-order valence-electron chi connectivity index (χ4n) is 2.86. The molecule has 1 fully saturated rings. The van der Waals surface area contributed by atoms with Crippen molar-refractivity contribution in [2.24, 2.45) is 11.8 Å². The number of aryl methyl sites for hydroxylation is 2. The SMILES string of the molecule is Cc1cc(C)nc(NC(=O)[C@@H]2CCCC[C@H]2C(=O)O)c1. The molecule has 5 heteroatoms. The van der Waals surface area contributed by atoms with Crippen LogP contribution in [0.25, 0.3) is 0 Å². The molecule has 2 atom stereocenters. The summed E-state index contributed by atoms with van der Waals surface area (Å²) in [6.45, 7) is 3.80. The van der Waals surface area contributed by atoms with Gasteiger partial charge in [-0.2, -0.15) is 0 Å². The van der Waals surface area contributed by atoms with Crippen LogP contribution in [0.3, 0.4) is 0 Å². The number of anilines is 1. The zero-order valence-electron chi connectivity index (χ0n) is 11.8. The van der Waals surface area contributed by atoms with Crippen LogP contribution in [0.15, 0.2) is 12.1 Å². The highest BCUT2D eigenvalue weighted by Crippen LogP contribution is 2.31. The van der Waals surface area contributed by atoms with Gasteiger partial charge in [0.15, 0.2) is 0 Å². The van der Waals surface area contributed by atoms with Gasteiger partial charge < -0.3 is 10.4 Å². The first-order valence-electron chi connectivity index (χ1n) is 6.96. The molecule has 0 radical (unpaired) electrons. The molecule has 1 aliphatic rings. The minimum atomic E-state index is -0.877. The zero-order chi connectivity index (χ0) is 14.7. The number of aliphatic carboxylic acids is 1. The number of nitrogens with zero attached hydrogens (tertiary/aromatic N) is 1. The number of carbonyl (C=O) groups is 2. The normalized spacial score (nSPS) is 22.3. The molecular formula is C15H20N2O3. The molecule has 0 bridgehead atoms. The minimum absolute atomic E-state index is 0.227. The number of carbonyl (C=O) groups excluding carboxylic acids is 1. The molecule has 1 saturated carbocycles. The summed E-state index contributed by atoms with van der Waals surface area (Å²) in [5.74, 6) is -1.63. The molecule has 1 aromatic heterocycles. The Hall–Kier alpha value is -1.91. The second kappa shape index (κ2) is 6.03. The summed E-state index contributed by atoms with van der Waals surface area (Å²) in [6, 6.07) is 3.72.